The SMILES string of the molecule is COc1cc(C(C)=O)ccc1OCCCC(=O)N(C)Cc1ccc(Cl)s1. The molecule has 0 fully saturated rings. The molecule has 0 aliphatic rings. The molecule has 2 rings (SSSR count). The van der Waals surface area contributed by atoms with Crippen molar-refractivity contribution >= 4 is 34.6 Å². The Balaban J connectivity index is 1.79. The van der Waals surface area contributed by atoms with E-state index < -0.39 is 0 Å². The lowest BCUT2D eigenvalue weighted by Crippen LogP contribution is -2.25. The van der Waals surface area contributed by atoms with E-state index in [0.717, 1.165) is 9.21 Å². The molecule has 1 amide bonds. The first kappa shape index (κ1) is 20.3. The van der Waals surface area contributed by atoms with E-state index in [-0.39, 0.29) is 11.7 Å². The van der Waals surface area contributed by atoms with E-state index in [1.54, 1.807) is 30.1 Å². The second kappa shape index (κ2) is 9.59. The van der Waals surface area contributed by atoms with Crippen molar-refractivity contribution in [3.05, 3.63) is 45.1 Å². The molecule has 140 valence electrons. The number of methoxy groups -OCH3 is 1. The Morgan fingerprint density at radius 1 is 1.19 bits per heavy atom. The van der Waals surface area contributed by atoms with Gasteiger partial charge in [0.05, 0.1) is 24.6 Å². The summed E-state index contributed by atoms with van der Waals surface area (Å²) in [5, 5.41) is 0. The number of thiophene rings is 1. The Kier molecular flexibility index (Phi) is 7.48. The number of rotatable bonds is 9. The third-order valence-corrected chi connectivity index (χ3v) is 5.03. The summed E-state index contributed by atoms with van der Waals surface area (Å²) in [5.74, 6) is 1.09. The van der Waals surface area contributed by atoms with Gasteiger partial charge < -0.3 is 14.4 Å². The second-order valence-electron chi connectivity index (χ2n) is 5.83. The normalized spacial score (nSPS) is 10.5. The summed E-state index contributed by atoms with van der Waals surface area (Å²) in [6, 6.07) is 8.83. The topological polar surface area (TPSA) is 55.8 Å². The molecule has 26 heavy (non-hydrogen) atoms. The third-order valence-electron chi connectivity index (χ3n) is 3.81. The lowest BCUT2D eigenvalue weighted by atomic mass is 10.1. The third kappa shape index (κ3) is 5.75. The van der Waals surface area contributed by atoms with Crippen LogP contribution < -0.4 is 9.47 Å². The molecule has 0 spiro atoms. The lowest BCUT2D eigenvalue weighted by Gasteiger charge is -2.16. The van der Waals surface area contributed by atoms with Crippen LogP contribution in [0, 0.1) is 0 Å². The van der Waals surface area contributed by atoms with Gasteiger partial charge in [0.2, 0.25) is 5.91 Å². The molecule has 0 saturated carbocycles. The van der Waals surface area contributed by atoms with Gasteiger partial charge in [0.25, 0.3) is 0 Å². The van der Waals surface area contributed by atoms with Gasteiger partial charge in [-0.15, -0.1) is 11.3 Å². The molecule has 0 aliphatic heterocycles. The predicted octanol–water partition coefficient (Wildman–Crippen LogP) is 4.43. The van der Waals surface area contributed by atoms with Crippen LogP contribution in [0.25, 0.3) is 0 Å². The zero-order valence-electron chi connectivity index (χ0n) is 15.1. The first-order chi connectivity index (χ1) is 12.4. The molecule has 0 radical (unpaired) electrons. The molecule has 2 aromatic rings. The minimum absolute atomic E-state index is 0.0319. The van der Waals surface area contributed by atoms with E-state index in [1.165, 1.54) is 25.4 Å². The van der Waals surface area contributed by atoms with Crippen LogP contribution >= 0.6 is 22.9 Å². The summed E-state index contributed by atoms with van der Waals surface area (Å²) in [7, 11) is 3.31. The highest BCUT2D eigenvalue weighted by molar-refractivity contribution is 7.16. The fourth-order valence-corrected chi connectivity index (χ4v) is 3.50. The Bertz CT molecular complexity index is 775. The van der Waals surface area contributed by atoms with Crippen LogP contribution in [0.5, 0.6) is 11.5 Å². The molecule has 7 heteroatoms. The molecule has 0 atom stereocenters. The number of ketones is 1. The largest absolute Gasteiger partial charge is 0.493 e. The van der Waals surface area contributed by atoms with Gasteiger partial charge in [0, 0.05) is 23.9 Å². The summed E-state index contributed by atoms with van der Waals surface area (Å²) in [5.41, 5.74) is 0.569. The van der Waals surface area contributed by atoms with E-state index >= 15 is 0 Å². The van der Waals surface area contributed by atoms with Crippen molar-refractivity contribution in [2.45, 2.75) is 26.3 Å². The first-order valence-electron chi connectivity index (χ1n) is 8.20. The van der Waals surface area contributed by atoms with Crippen LogP contribution in [-0.2, 0) is 11.3 Å². The monoisotopic (exact) mass is 395 g/mol. The van der Waals surface area contributed by atoms with Gasteiger partial charge >= 0.3 is 0 Å². The highest BCUT2D eigenvalue weighted by atomic mass is 35.5. The standard InChI is InChI=1S/C19H22ClNO4S/c1-13(22)14-6-8-16(17(11-14)24-3)25-10-4-5-19(23)21(2)12-15-7-9-18(20)26-15/h6-9,11H,4-5,10,12H2,1-3H3. The highest BCUT2D eigenvalue weighted by Crippen LogP contribution is 2.28. The molecule has 0 saturated heterocycles. The summed E-state index contributed by atoms with van der Waals surface area (Å²) in [4.78, 5) is 26.3. The number of hydrogen-bond acceptors (Lipinski definition) is 5. The molecule has 0 aliphatic carbocycles. The number of carbonyl (C=O) groups excluding carboxylic acids is 2. The van der Waals surface area contributed by atoms with Crippen molar-refractivity contribution in [3.63, 3.8) is 0 Å². The summed E-state index contributed by atoms with van der Waals surface area (Å²) in [6.07, 6.45) is 0.982. The number of halogens is 1. The van der Waals surface area contributed by atoms with Gasteiger partial charge in [-0.2, -0.15) is 0 Å². The highest BCUT2D eigenvalue weighted by Gasteiger charge is 2.12. The van der Waals surface area contributed by atoms with Crippen molar-refractivity contribution in [2.24, 2.45) is 0 Å². The number of carbonyl (C=O) groups is 2. The molecule has 1 aromatic carbocycles. The Hall–Kier alpha value is -2.05. The zero-order valence-corrected chi connectivity index (χ0v) is 16.7. The van der Waals surface area contributed by atoms with Crippen molar-refractivity contribution < 1.29 is 19.1 Å². The Labute approximate surface area is 162 Å². The van der Waals surface area contributed by atoms with E-state index in [1.807, 2.05) is 12.1 Å². The first-order valence-corrected chi connectivity index (χ1v) is 9.40. The van der Waals surface area contributed by atoms with Gasteiger partial charge in [-0.3, -0.25) is 9.59 Å². The maximum absolute atomic E-state index is 12.2. The average molecular weight is 396 g/mol. The van der Waals surface area contributed by atoms with E-state index in [9.17, 15) is 9.59 Å². The molecular weight excluding hydrogens is 374 g/mol. The molecule has 5 nitrogen and oxygen atoms in total. The number of nitrogens with zero attached hydrogens (tertiary/aromatic N) is 1. The Morgan fingerprint density at radius 2 is 1.96 bits per heavy atom. The van der Waals surface area contributed by atoms with Crippen LogP contribution in [0.15, 0.2) is 30.3 Å². The number of ether oxygens (including phenoxy) is 2. The minimum atomic E-state index is -0.0319. The maximum atomic E-state index is 12.2. The lowest BCUT2D eigenvalue weighted by molar-refractivity contribution is -0.130. The molecule has 1 heterocycles. The summed E-state index contributed by atoms with van der Waals surface area (Å²) >= 11 is 7.38. The van der Waals surface area contributed by atoms with E-state index in [0.29, 0.717) is 43.1 Å². The fraction of sp³-hybridized carbons (Fsp3) is 0.368. The van der Waals surface area contributed by atoms with Crippen molar-refractivity contribution in [1.82, 2.24) is 4.90 Å². The number of Topliss-reactive ketones (excluding diaryl/α,β-unsaturated/α-hetero) is 1. The maximum Gasteiger partial charge on any atom is 0.222 e. The minimum Gasteiger partial charge on any atom is -0.493 e. The van der Waals surface area contributed by atoms with Gasteiger partial charge in [0.15, 0.2) is 17.3 Å². The van der Waals surface area contributed by atoms with Crippen LogP contribution in [0.2, 0.25) is 4.34 Å². The smallest absolute Gasteiger partial charge is 0.222 e. The summed E-state index contributed by atoms with van der Waals surface area (Å²) in [6.45, 7) is 2.44. The number of amides is 1. The van der Waals surface area contributed by atoms with Crippen LogP contribution in [0.4, 0.5) is 0 Å². The average Bonchev–Trinajstić information content (AvgIpc) is 3.03. The zero-order chi connectivity index (χ0) is 19.1. The van der Waals surface area contributed by atoms with Crippen molar-refractivity contribution in [1.29, 1.82) is 0 Å². The molecule has 0 bridgehead atoms. The van der Waals surface area contributed by atoms with Crippen LogP contribution in [0.1, 0.15) is 35.0 Å². The van der Waals surface area contributed by atoms with Gasteiger partial charge in [0.1, 0.15) is 0 Å². The van der Waals surface area contributed by atoms with Gasteiger partial charge in [-0.05, 0) is 43.7 Å². The molecule has 0 N–H and O–H groups in total. The van der Waals surface area contributed by atoms with E-state index in [4.69, 9.17) is 21.1 Å². The number of hydrogen-bond donors (Lipinski definition) is 0. The van der Waals surface area contributed by atoms with Crippen molar-refractivity contribution in [3.8, 4) is 11.5 Å². The van der Waals surface area contributed by atoms with Crippen LogP contribution in [-0.4, -0.2) is 37.4 Å². The number of benzene rings is 1. The van der Waals surface area contributed by atoms with Gasteiger partial charge in [-0.1, -0.05) is 11.6 Å². The van der Waals surface area contributed by atoms with E-state index in [2.05, 4.69) is 0 Å². The van der Waals surface area contributed by atoms with Crippen LogP contribution in [0.3, 0.4) is 0 Å². The second-order valence-corrected chi connectivity index (χ2v) is 7.63. The van der Waals surface area contributed by atoms with Gasteiger partial charge in [-0.25, -0.2) is 0 Å². The molecule has 0 unspecified atom stereocenters. The predicted molar refractivity (Wildman–Crippen MR) is 104 cm³/mol. The molecule has 1 aromatic heterocycles. The Morgan fingerprint density at radius 3 is 2.58 bits per heavy atom. The quantitative estimate of drug-likeness (QED) is 0.465. The van der Waals surface area contributed by atoms with Crippen molar-refractivity contribution in [2.75, 3.05) is 20.8 Å². The molecular formula is C19H22ClNO4S. The summed E-state index contributed by atoms with van der Waals surface area (Å²) < 4.78 is 11.7. The fourth-order valence-electron chi connectivity index (χ4n) is 2.36.